The maximum Gasteiger partial charge on any atom is 0.254 e. The molecule has 1 unspecified atom stereocenters. The van der Waals surface area contributed by atoms with Crippen molar-refractivity contribution in [2.75, 3.05) is 25.6 Å². The van der Waals surface area contributed by atoms with Crippen LogP contribution in [0.4, 0.5) is 5.69 Å². The van der Waals surface area contributed by atoms with Crippen LogP contribution in [0.3, 0.4) is 0 Å². The number of hydrogen-bond acceptors (Lipinski definition) is 4. The molecule has 0 radical (unpaired) electrons. The molecule has 1 aliphatic carbocycles. The summed E-state index contributed by atoms with van der Waals surface area (Å²) >= 11 is 0. The molecule has 0 spiro atoms. The van der Waals surface area contributed by atoms with Crippen molar-refractivity contribution in [3.8, 4) is 0 Å². The molecule has 1 saturated carbocycles. The van der Waals surface area contributed by atoms with E-state index in [1.54, 1.807) is 0 Å². The van der Waals surface area contributed by atoms with Gasteiger partial charge in [0.2, 0.25) is 0 Å². The Morgan fingerprint density at radius 1 is 1.30 bits per heavy atom. The highest BCUT2D eigenvalue weighted by Gasteiger charge is 2.37. The lowest BCUT2D eigenvalue weighted by atomic mass is 10.1. The normalized spacial score (nSPS) is 22.5. The van der Waals surface area contributed by atoms with Gasteiger partial charge in [0, 0.05) is 18.3 Å². The average molecular weight is 276 g/mol. The molecule has 0 aromatic heterocycles. The molecule has 2 N–H and O–H groups in total. The molecule has 20 heavy (non-hydrogen) atoms. The summed E-state index contributed by atoms with van der Waals surface area (Å²) < 4.78 is 10.8. The number of carbonyl (C=O) groups is 1. The number of nitrogen functional groups attached to an aromatic ring is 1. The predicted octanol–water partition coefficient (Wildman–Crippen LogP) is 1.18. The number of nitrogens with zero attached hydrogens (tertiary/aromatic N) is 1. The van der Waals surface area contributed by atoms with Gasteiger partial charge < -0.3 is 20.1 Å². The fraction of sp³-hybridized carbons (Fsp3) is 0.533. The summed E-state index contributed by atoms with van der Waals surface area (Å²) in [4.78, 5) is 14.5. The fourth-order valence-corrected chi connectivity index (χ4v) is 2.45. The van der Waals surface area contributed by atoms with Gasteiger partial charge in [0.1, 0.15) is 0 Å². The summed E-state index contributed by atoms with van der Waals surface area (Å²) in [5.74, 6) is 0.0236. The number of nitrogens with two attached hydrogens (primary N) is 1. The van der Waals surface area contributed by atoms with E-state index < -0.39 is 6.10 Å². The third-order valence-electron chi connectivity index (χ3n) is 3.76. The van der Waals surface area contributed by atoms with Crippen molar-refractivity contribution in [2.24, 2.45) is 0 Å². The van der Waals surface area contributed by atoms with E-state index in [-0.39, 0.29) is 5.91 Å². The van der Waals surface area contributed by atoms with Crippen LogP contribution in [-0.2, 0) is 20.8 Å². The van der Waals surface area contributed by atoms with Gasteiger partial charge in [-0.25, -0.2) is 0 Å². The second kappa shape index (κ2) is 5.81. The molecule has 0 bridgehead atoms. The first kappa shape index (κ1) is 13.4. The molecular weight excluding hydrogens is 256 g/mol. The third-order valence-corrected chi connectivity index (χ3v) is 3.76. The van der Waals surface area contributed by atoms with Crippen LogP contribution in [0.25, 0.3) is 0 Å². The number of amides is 1. The van der Waals surface area contributed by atoms with Gasteiger partial charge in [0.25, 0.3) is 5.91 Å². The second-order valence-corrected chi connectivity index (χ2v) is 5.33. The second-order valence-electron chi connectivity index (χ2n) is 5.33. The van der Waals surface area contributed by atoms with E-state index >= 15 is 0 Å². The van der Waals surface area contributed by atoms with E-state index in [4.69, 9.17) is 15.2 Å². The van der Waals surface area contributed by atoms with E-state index in [0.717, 1.165) is 24.1 Å². The molecule has 1 heterocycles. The fourth-order valence-electron chi connectivity index (χ4n) is 2.45. The quantitative estimate of drug-likeness (QED) is 0.839. The Hall–Kier alpha value is -1.59. The maximum absolute atomic E-state index is 12.6. The van der Waals surface area contributed by atoms with Crippen LogP contribution >= 0.6 is 0 Å². The molecule has 2 aliphatic rings. The molecule has 1 atom stereocenters. The highest BCUT2D eigenvalue weighted by molar-refractivity contribution is 5.82. The Kier molecular flexibility index (Phi) is 3.89. The Balaban J connectivity index is 1.72. The third kappa shape index (κ3) is 2.94. The van der Waals surface area contributed by atoms with Gasteiger partial charge in [0.15, 0.2) is 6.10 Å². The highest BCUT2D eigenvalue weighted by atomic mass is 16.6. The number of para-hydroxylation sites is 1. The van der Waals surface area contributed by atoms with Crippen molar-refractivity contribution in [3.63, 3.8) is 0 Å². The topological polar surface area (TPSA) is 64.8 Å². The maximum atomic E-state index is 12.6. The van der Waals surface area contributed by atoms with Crippen molar-refractivity contribution < 1.29 is 14.3 Å². The lowest BCUT2D eigenvalue weighted by Crippen LogP contribution is -2.46. The molecule has 1 amide bonds. The molecule has 1 aromatic carbocycles. The molecule has 3 rings (SSSR count). The molecule has 1 aromatic rings. The molecule has 1 aliphatic heterocycles. The van der Waals surface area contributed by atoms with Crippen molar-refractivity contribution in [1.82, 2.24) is 4.90 Å². The first-order chi connectivity index (χ1) is 9.75. The number of carbonyl (C=O) groups excluding carboxylic acids is 1. The van der Waals surface area contributed by atoms with Crippen molar-refractivity contribution in [3.05, 3.63) is 29.8 Å². The van der Waals surface area contributed by atoms with Crippen LogP contribution in [0, 0.1) is 0 Å². The van der Waals surface area contributed by atoms with E-state index in [0.29, 0.717) is 32.4 Å². The minimum Gasteiger partial charge on any atom is -0.398 e. The molecular formula is C15H20N2O3. The van der Waals surface area contributed by atoms with Gasteiger partial charge in [-0.3, -0.25) is 4.79 Å². The Morgan fingerprint density at radius 2 is 2.10 bits per heavy atom. The standard InChI is InChI=1S/C15H20N2O3/c16-13-4-2-1-3-11(13)9-17(12-5-6-12)15(18)14-10-19-7-8-20-14/h1-4,12,14H,5-10,16H2. The molecule has 5 heteroatoms. The summed E-state index contributed by atoms with van der Waals surface area (Å²) in [5, 5.41) is 0. The van der Waals surface area contributed by atoms with E-state index in [1.165, 1.54) is 0 Å². The number of ether oxygens (including phenoxy) is 2. The van der Waals surface area contributed by atoms with Crippen molar-refractivity contribution >= 4 is 11.6 Å². The summed E-state index contributed by atoms with van der Waals surface area (Å²) in [6, 6.07) is 8.01. The first-order valence-electron chi connectivity index (χ1n) is 7.09. The first-order valence-corrected chi connectivity index (χ1v) is 7.09. The number of hydrogen-bond donors (Lipinski definition) is 1. The van der Waals surface area contributed by atoms with Crippen LogP contribution < -0.4 is 5.73 Å². The Labute approximate surface area is 118 Å². The van der Waals surface area contributed by atoms with Crippen molar-refractivity contribution in [2.45, 2.75) is 31.5 Å². The Morgan fingerprint density at radius 3 is 2.75 bits per heavy atom. The molecule has 2 fully saturated rings. The zero-order valence-electron chi connectivity index (χ0n) is 11.5. The van der Waals surface area contributed by atoms with Crippen LogP contribution in [-0.4, -0.2) is 42.8 Å². The van der Waals surface area contributed by atoms with Crippen LogP contribution in [0.5, 0.6) is 0 Å². The zero-order valence-corrected chi connectivity index (χ0v) is 11.5. The highest BCUT2D eigenvalue weighted by Crippen LogP contribution is 2.30. The summed E-state index contributed by atoms with van der Waals surface area (Å²) in [7, 11) is 0. The van der Waals surface area contributed by atoms with E-state index in [1.807, 2.05) is 29.2 Å². The van der Waals surface area contributed by atoms with Gasteiger partial charge in [-0.1, -0.05) is 18.2 Å². The lowest BCUT2D eigenvalue weighted by Gasteiger charge is -2.29. The van der Waals surface area contributed by atoms with E-state index in [2.05, 4.69) is 0 Å². The van der Waals surface area contributed by atoms with Crippen molar-refractivity contribution in [1.29, 1.82) is 0 Å². The average Bonchev–Trinajstić information content (AvgIpc) is 3.31. The minimum atomic E-state index is -0.464. The minimum absolute atomic E-state index is 0.0236. The zero-order chi connectivity index (χ0) is 13.9. The van der Waals surface area contributed by atoms with E-state index in [9.17, 15) is 4.79 Å². The SMILES string of the molecule is Nc1ccccc1CN(C(=O)C1COCCO1)C1CC1. The largest absolute Gasteiger partial charge is 0.398 e. The number of benzene rings is 1. The summed E-state index contributed by atoms with van der Waals surface area (Å²) in [5.41, 5.74) is 7.69. The number of anilines is 1. The van der Waals surface area contributed by atoms with Gasteiger partial charge in [-0.2, -0.15) is 0 Å². The Bertz CT molecular complexity index is 482. The molecule has 1 saturated heterocycles. The van der Waals surface area contributed by atoms with Gasteiger partial charge in [0.05, 0.1) is 19.8 Å². The van der Waals surface area contributed by atoms with Gasteiger partial charge in [-0.05, 0) is 24.5 Å². The molecule has 5 nitrogen and oxygen atoms in total. The lowest BCUT2D eigenvalue weighted by molar-refractivity contribution is -0.159. The number of rotatable bonds is 4. The summed E-state index contributed by atoms with van der Waals surface area (Å²) in [6.07, 6.45) is 1.66. The van der Waals surface area contributed by atoms with Gasteiger partial charge >= 0.3 is 0 Å². The van der Waals surface area contributed by atoms with Gasteiger partial charge in [-0.15, -0.1) is 0 Å². The predicted molar refractivity (Wildman–Crippen MR) is 75.0 cm³/mol. The monoisotopic (exact) mass is 276 g/mol. The van der Waals surface area contributed by atoms with Crippen LogP contribution in [0.1, 0.15) is 18.4 Å². The van der Waals surface area contributed by atoms with Crippen LogP contribution in [0.15, 0.2) is 24.3 Å². The summed E-state index contributed by atoms with van der Waals surface area (Å²) in [6.45, 7) is 1.96. The smallest absolute Gasteiger partial charge is 0.254 e. The molecule has 108 valence electrons. The van der Waals surface area contributed by atoms with Crippen LogP contribution in [0.2, 0.25) is 0 Å².